The van der Waals surface area contributed by atoms with Crippen LogP contribution in [0.4, 0.5) is 11.5 Å². The molecular weight excluding hydrogens is 502 g/mol. The summed E-state index contributed by atoms with van der Waals surface area (Å²) in [6, 6.07) is 22.9. The number of nitrogens with two attached hydrogens (primary N) is 1. The SMILES string of the molecule is CCCCNC(=O)Cc1ccc(-n2c(-c3cccnc3N)nc3ccc(-c4cccc(NC(C)=O)c4)nc32)cc1. The molecule has 4 N–H and O–H groups in total. The van der Waals surface area contributed by atoms with Crippen LogP contribution in [0.3, 0.4) is 0 Å². The quantitative estimate of drug-likeness (QED) is 0.225. The van der Waals surface area contributed by atoms with Gasteiger partial charge in [-0.3, -0.25) is 14.2 Å². The van der Waals surface area contributed by atoms with Gasteiger partial charge < -0.3 is 16.4 Å². The molecule has 2 amide bonds. The van der Waals surface area contributed by atoms with E-state index in [9.17, 15) is 9.59 Å². The van der Waals surface area contributed by atoms with E-state index in [1.165, 1.54) is 6.92 Å². The van der Waals surface area contributed by atoms with Gasteiger partial charge in [-0.15, -0.1) is 0 Å². The first-order valence-electron chi connectivity index (χ1n) is 13.3. The smallest absolute Gasteiger partial charge is 0.224 e. The van der Waals surface area contributed by atoms with Gasteiger partial charge in [0, 0.05) is 36.6 Å². The van der Waals surface area contributed by atoms with Crippen LogP contribution < -0.4 is 16.4 Å². The number of imidazole rings is 1. The minimum atomic E-state index is -0.140. The van der Waals surface area contributed by atoms with Crippen LogP contribution in [0.15, 0.2) is 79.0 Å². The third-order valence-corrected chi connectivity index (χ3v) is 6.47. The molecule has 9 nitrogen and oxygen atoms in total. The molecule has 0 saturated heterocycles. The number of anilines is 2. The summed E-state index contributed by atoms with van der Waals surface area (Å²) >= 11 is 0. The summed E-state index contributed by atoms with van der Waals surface area (Å²) in [5.41, 5.74) is 12.3. The van der Waals surface area contributed by atoms with Crippen LogP contribution in [0.5, 0.6) is 0 Å². The molecule has 0 fully saturated rings. The Morgan fingerprint density at radius 2 is 1.80 bits per heavy atom. The Morgan fingerprint density at radius 3 is 2.55 bits per heavy atom. The van der Waals surface area contributed by atoms with E-state index in [2.05, 4.69) is 22.5 Å². The third-order valence-electron chi connectivity index (χ3n) is 6.47. The first-order valence-corrected chi connectivity index (χ1v) is 13.3. The predicted molar refractivity (Wildman–Crippen MR) is 158 cm³/mol. The second kappa shape index (κ2) is 11.8. The molecule has 0 aliphatic heterocycles. The molecule has 0 bridgehead atoms. The maximum atomic E-state index is 12.3. The lowest BCUT2D eigenvalue weighted by atomic mass is 10.1. The van der Waals surface area contributed by atoms with Gasteiger partial charge in [0.2, 0.25) is 11.8 Å². The lowest BCUT2D eigenvalue weighted by Crippen LogP contribution is -2.25. The summed E-state index contributed by atoms with van der Waals surface area (Å²) in [7, 11) is 0. The molecule has 5 rings (SSSR count). The van der Waals surface area contributed by atoms with Gasteiger partial charge in [0.15, 0.2) is 11.5 Å². The Morgan fingerprint density at radius 1 is 0.975 bits per heavy atom. The number of nitrogens with one attached hydrogen (secondary N) is 2. The number of amides is 2. The third kappa shape index (κ3) is 5.83. The molecule has 0 unspecified atom stereocenters. The number of nitrogen functional groups attached to an aromatic ring is 1. The van der Waals surface area contributed by atoms with Crippen molar-refractivity contribution in [2.24, 2.45) is 0 Å². The summed E-state index contributed by atoms with van der Waals surface area (Å²) in [6.45, 7) is 4.26. The fraction of sp³-hybridized carbons (Fsp3) is 0.194. The van der Waals surface area contributed by atoms with E-state index in [0.717, 1.165) is 35.3 Å². The molecule has 0 aliphatic rings. The highest BCUT2D eigenvalue weighted by Gasteiger charge is 2.19. The topological polar surface area (TPSA) is 128 Å². The van der Waals surface area contributed by atoms with Crippen LogP contribution in [0.1, 0.15) is 32.3 Å². The van der Waals surface area contributed by atoms with Crippen molar-refractivity contribution in [1.29, 1.82) is 0 Å². The number of rotatable bonds is 9. The molecule has 0 aliphatic carbocycles. The van der Waals surface area contributed by atoms with Gasteiger partial charge in [0.1, 0.15) is 11.3 Å². The van der Waals surface area contributed by atoms with Crippen LogP contribution in [0.2, 0.25) is 0 Å². The molecule has 3 heterocycles. The van der Waals surface area contributed by atoms with E-state index >= 15 is 0 Å². The van der Waals surface area contributed by atoms with Gasteiger partial charge >= 0.3 is 0 Å². The second-order valence-electron chi connectivity index (χ2n) is 9.55. The second-order valence-corrected chi connectivity index (χ2v) is 9.55. The van der Waals surface area contributed by atoms with Crippen LogP contribution in [0, 0.1) is 0 Å². The van der Waals surface area contributed by atoms with Gasteiger partial charge in [0.05, 0.1) is 17.7 Å². The average Bonchev–Trinajstić information content (AvgIpc) is 3.32. The van der Waals surface area contributed by atoms with E-state index in [-0.39, 0.29) is 11.8 Å². The fourth-order valence-corrected chi connectivity index (χ4v) is 4.52. The van der Waals surface area contributed by atoms with Crippen LogP contribution in [-0.4, -0.2) is 37.9 Å². The molecule has 0 spiro atoms. The minimum Gasteiger partial charge on any atom is -0.383 e. The van der Waals surface area contributed by atoms with Crippen LogP contribution in [-0.2, 0) is 16.0 Å². The van der Waals surface area contributed by atoms with Crippen molar-refractivity contribution >= 4 is 34.5 Å². The molecule has 9 heteroatoms. The molecule has 0 atom stereocenters. The first-order chi connectivity index (χ1) is 19.4. The normalized spacial score (nSPS) is 10.9. The van der Waals surface area contributed by atoms with E-state index in [1.807, 2.05) is 77.4 Å². The molecule has 40 heavy (non-hydrogen) atoms. The lowest BCUT2D eigenvalue weighted by Gasteiger charge is -2.12. The van der Waals surface area contributed by atoms with Crippen molar-refractivity contribution < 1.29 is 9.59 Å². The highest BCUT2D eigenvalue weighted by molar-refractivity contribution is 5.90. The molecule has 202 valence electrons. The Labute approximate surface area is 232 Å². The zero-order valence-electron chi connectivity index (χ0n) is 22.5. The number of nitrogens with zero attached hydrogens (tertiary/aromatic N) is 4. The predicted octanol–water partition coefficient (Wildman–Crippen LogP) is 5.15. The van der Waals surface area contributed by atoms with Crippen molar-refractivity contribution in [1.82, 2.24) is 24.8 Å². The van der Waals surface area contributed by atoms with E-state index in [0.29, 0.717) is 47.0 Å². The summed E-state index contributed by atoms with van der Waals surface area (Å²) in [4.78, 5) is 38.0. The largest absolute Gasteiger partial charge is 0.383 e. The Hall–Kier alpha value is -5.05. The van der Waals surface area contributed by atoms with Gasteiger partial charge in [0.25, 0.3) is 0 Å². The van der Waals surface area contributed by atoms with Crippen molar-refractivity contribution in [3.8, 4) is 28.3 Å². The highest BCUT2D eigenvalue weighted by Crippen LogP contribution is 2.32. The number of fused-ring (bicyclic) bond motifs is 1. The van der Waals surface area contributed by atoms with E-state index < -0.39 is 0 Å². The zero-order chi connectivity index (χ0) is 28.1. The molecule has 0 radical (unpaired) electrons. The van der Waals surface area contributed by atoms with Crippen molar-refractivity contribution in [3.05, 3.63) is 84.6 Å². The van der Waals surface area contributed by atoms with E-state index in [1.54, 1.807) is 6.20 Å². The monoisotopic (exact) mass is 533 g/mol. The summed E-state index contributed by atoms with van der Waals surface area (Å²) < 4.78 is 1.95. The number of carbonyl (C=O) groups is 2. The van der Waals surface area contributed by atoms with Crippen molar-refractivity contribution in [2.45, 2.75) is 33.1 Å². The number of hydrogen-bond donors (Lipinski definition) is 3. The Kier molecular flexibility index (Phi) is 7.82. The average molecular weight is 534 g/mol. The molecule has 2 aromatic carbocycles. The van der Waals surface area contributed by atoms with Crippen molar-refractivity contribution in [3.63, 3.8) is 0 Å². The van der Waals surface area contributed by atoms with Crippen LogP contribution in [0.25, 0.3) is 39.5 Å². The molecule has 3 aromatic heterocycles. The summed E-state index contributed by atoms with van der Waals surface area (Å²) in [5.74, 6) is 0.843. The number of hydrogen-bond acceptors (Lipinski definition) is 6. The highest BCUT2D eigenvalue weighted by atomic mass is 16.2. The summed E-state index contributed by atoms with van der Waals surface area (Å²) in [5, 5.41) is 5.78. The number of benzene rings is 2. The maximum absolute atomic E-state index is 12.3. The van der Waals surface area contributed by atoms with Crippen LogP contribution >= 0.6 is 0 Å². The lowest BCUT2D eigenvalue weighted by molar-refractivity contribution is -0.120. The maximum Gasteiger partial charge on any atom is 0.224 e. The Balaban J connectivity index is 1.57. The van der Waals surface area contributed by atoms with Crippen molar-refractivity contribution in [2.75, 3.05) is 17.6 Å². The molecule has 5 aromatic rings. The number of unbranched alkanes of at least 4 members (excludes halogenated alkanes) is 1. The van der Waals surface area contributed by atoms with Gasteiger partial charge in [-0.05, 0) is 60.5 Å². The number of carbonyl (C=O) groups excluding carboxylic acids is 2. The number of aromatic nitrogens is 4. The Bertz CT molecular complexity index is 1680. The molecular formula is C31H31N7O2. The van der Waals surface area contributed by atoms with E-state index in [4.69, 9.17) is 15.7 Å². The summed E-state index contributed by atoms with van der Waals surface area (Å²) in [6.07, 6.45) is 3.95. The minimum absolute atomic E-state index is 0.00547. The zero-order valence-corrected chi connectivity index (χ0v) is 22.5. The molecule has 0 saturated carbocycles. The first kappa shape index (κ1) is 26.6. The fourth-order valence-electron chi connectivity index (χ4n) is 4.52. The number of pyridine rings is 2. The van der Waals surface area contributed by atoms with Gasteiger partial charge in [-0.25, -0.2) is 15.0 Å². The van der Waals surface area contributed by atoms with Gasteiger partial charge in [-0.1, -0.05) is 37.6 Å². The van der Waals surface area contributed by atoms with Gasteiger partial charge in [-0.2, -0.15) is 0 Å². The standard InChI is InChI=1S/C31H31N7O2/c1-3-4-16-33-28(40)18-21-10-12-24(13-11-21)38-30(25-9-6-17-34-29(25)32)37-27-15-14-26(36-31(27)38)22-7-5-8-23(19-22)35-20(2)39/h5-15,17,19H,3-4,16,18H2,1-2H3,(H2,32,34)(H,33,40)(H,35,39).